The summed E-state index contributed by atoms with van der Waals surface area (Å²) in [6.45, 7) is 0.0399. The Kier molecular flexibility index (Phi) is 6.99. The molecule has 1 amide bonds. The second-order valence-corrected chi connectivity index (χ2v) is 8.56. The minimum absolute atomic E-state index is 0.0295. The van der Waals surface area contributed by atoms with Crippen molar-refractivity contribution in [3.8, 4) is 5.75 Å². The van der Waals surface area contributed by atoms with Gasteiger partial charge >= 0.3 is 0 Å². The average molecular weight is 488 g/mol. The Hall–Kier alpha value is -3.00. The third-order valence-electron chi connectivity index (χ3n) is 4.30. The molecule has 0 radical (unpaired) electrons. The lowest BCUT2D eigenvalue weighted by molar-refractivity contribution is 0.102. The minimum atomic E-state index is -0.522. The molecule has 0 aliphatic carbocycles. The molecule has 0 fully saturated rings. The first-order valence-electron chi connectivity index (χ1n) is 9.43. The monoisotopic (exact) mass is 487 g/mol. The van der Waals surface area contributed by atoms with Crippen molar-refractivity contribution in [1.29, 1.82) is 0 Å². The van der Waals surface area contributed by atoms with Gasteiger partial charge in [-0.25, -0.2) is 9.07 Å². The van der Waals surface area contributed by atoms with E-state index in [1.165, 1.54) is 34.6 Å². The number of amides is 1. The van der Waals surface area contributed by atoms with Gasteiger partial charge in [0.25, 0.3) is 5.91 Å². The van der Waals surface area contributed by atoms with Crippen LogP contribution in [0.2, 0.25) is 10.0 Å². The maximum atomic E-state index is 13.2. The van der Waals surface area contributed by atoms with E-state index in [1.807, 2.05) is 48.5 Å². The molecule has 3 aromatic carbocycles. The summed E-state index contributed by atoms with van der Waals surface area (Å²) in [6.07, 6.45) is 1.62. The molecule has 1 aromatic heterocycles. The number of nitrogens with zero attached hydrogens (tertiary/aromatic N) is 2. The number of para-hydroxylation sites is 1. The van der Waals surface area contributed by atoms with Gasteiger partial charge in [-0.05, 0) is 54.6 Å². The van der Waals surface area contributed by atoms with Crippen LogP contribution >= 0.6 is 35.0 Å². The Morgan fingerprint density at radius 3 is 2.62 bits per heavy atom. The predicted molar refractivity (Wildman–Crippen MR) is 124 cm³/mol. The van der Waals surface area contributed by atoms with Gasteiger partial charge in [0.05, 0.1) is 10.7 Å². The molecular weight excluding hydrogens is 472 g/mol. The normalized spacial score (nSPS) is 10.7. The molecule has 32 heavy (non-hydrogen) atoms. The first-order valence-corrected chi connectivity index (χ1v) is 11.0. The Bertz CT molecular complexity index is 1250. The van der Waals surface area contributed by atoms with E-state index in [4.69, 9.17) is 27.9 Å². The van der Waals surface area contributed by atoms with Gasteiger partial charge in [-0.1, -0.05) is 47.1 Å². The van der Waals surface area contributed by atoms with Crippen LogP contribution in [0.1, 0.15) is 10.5 Å². The molecule has 0 spiro atoms. The first kappa shape index (κ1) is 22.2. The molecular formula is C23H16Cl2FN3O2S. The highest BCUT2D eigenvalue weighted by Crippen LogP contribution is 2.34. The SMILES string of the molecule is O=C(Nc1ccccc1Sc1ccc(Cl)cc1)c1ccn(COc2ccc(F)c(Cl)c2)n1. The van der Waals surface area contributed by atoms with Gasteiger partial charge in [0.1, 0.15) is 11.6 Å². The van der Waals surface area contributed by atoms with Gasteiger partial charge < -0.3 is 10.1 Å². The maximum absolute atomic E-state index is 13.2. The number of carbonyl (C=O) groups is 1. The van der Waals surface area contributed by atoms with Crippen LogP contribution in [0.25, 0.3) is 0 Å². The van der Waals surface area contributed by atoms with Crippen molar-refractivity contribution in [2.75, 3.05) is 5.32 Å². The summed E-state index contributed by atoms with van der Waals surface area (Å²) in [7, 11) is 0. The highest BCUT2D eigenvalue weighted by Gasteiger charge is 2.13. The number of carbonyl (C=O) groups excluding carboxylic acids is 1. The average Bonchev–Trinajstić information content (AvgIpc) is 3.27. The number of benzene rings is 3. The van der Waals surface area contributed by atoms with Crippen molar-refractivity contribution in [3.63, 3.8) is 0 Å². The van der Waals surface area contributed by atoms with Crippen LogP contribution < -0.4 is 10.1 Å². The third-order valence-corrected chi connectivity index (χ3v) is 5.93. The fourth-order valence-electron chi connectivity index (χ4n) is 2.74. The highest BCUT2D eigenvalue weighted by atomic mass is 35.5. The van der Waals surface area contributed by atoms with Gasteiger partial charge in [0.2, 0.25) is 0 Å². The summed E-state index contributed by atoms with van der Waals surface area (Å²) in [5, 5.41) is 7.77. The zero-order chi connectivity index (χ0) is 22.5. The van der Waals surface area contributed by atoms with Crippen LogP contribution in [0.15, 0.2) is 88.8 Å². The number of nitrogens with one attached hydrogen (secondary N) is 1. The van der Waals surface area contributed by atoms with Gasteiger partial charge in [-0.15, -0.1) is 0 Å². The molecule has 0 saturated heterocycles. The summed E-state index contributed by atoms with van der Waals surface area (Å²) in [5.41, 5.74) is 0.904. The van der Waals surface area contributed by atoms with Crippen LogP contribution in [-0.4, -0.2) is 15.7 Å². The molecule has 0 bridgehead atoms. The molecule has 4 aromatic rings. The van der Waals surface area contributed by atoms with Gasteiger partial charge in [-0.2, -0.15) is 5.10 Å². The third kappa shape index (κ3) is 5.62. The van der Waals surface area contributed by atoms with Crippen molar-refractivity contribution >= 4 is 46.6 Å². The number of aromatic nitrogens is 2. The molecule has 1 heterocycles. The van der Waals surface area contributed by atoms with Crippen LogP contribution in [0.5, 0.6) is 5.75 Å². The highest BCUT2D eigenvalue weighted by molar-refractivity contribution is 7.99. The summed E-state index contributed by atoms with van der Waals surface area (Å²) in [5.74, 6) is -0.477. The molecule has 0 unspecified atom stereocenters. The standard InChI is InChI=1S/C23H16Cl2FN3O2S/c24-15-5-8-17(9-6-15)32-22-4-2-1-3-20(22)27-23(30)21-11-12-29(28-21)14-31-16-7-10-19(26)18(25)13-16/h1-13H,14H2,(H,27,30). The largest absolute Gasteiger partial charge is 0.471 e. The summed E-state index contributed by atoms with van der Waals surface area (Å²) < 4.78 is 20.2. The Morgan fingerprint density at radius 1 is 1.06 bits per heavy atom. The minimum Gasteiger partial charge on any atom is -0.471 e. The van der Waals surface area contributed by atoms with E-state index in [9.17, 15) is 9.18 Å². The Morgan fingerprint density at radius 2 is 1.84 bits per heavy atom. The molecule has 4 rings (SSSR count). The lowest BCUT2D eigenvalue weighted by Gasteiger charge is -2.10. The molecule has 0 aliphatic heterocycles. The number of hydrogen-bond acceptors (Lipinski definition) is 4. The number of ether oxygens (including phenoxy) is 1. The van der Waals surface area contributed by atoms with E-state index >= 15 is 0 Å². The lowest BCUT2D eigenvalue weighted by atomic mass is 10.3. The van der Waals surface area contributed by atoms with Gasteiger partial charge in [0.15, 0.2) is 12.4 Å². The fraction of sp³-hybridized carbons (Fsp3) is 0.0435. The predicted octanol–water partition coefficient (Wildman–Crippen LogP) is 6.77. The van der Waals surface area contributed by atoms with E-state index in [2.05, 4.69) is 10.4 Å². The van der Waals surface area contributed by atoms with E-state index in [0.717, 1.165) is 9.79 Å². The molecule has 0 saturated carbocycles. The van der Waals surface area contributed by atoms with Gasteiger partial charge in [0, 0.05) is 27.1 Å². The molecule has 1 N–H and O–H groups in total. The van der Waals surface area contributed by atoms with Crippen molar-refractivity contribution < 1.29 is 13.9 Å². The van der Waals surface area contributed by atoms with Crippen LogP contribution in [-0.2, 0) is 6.73 Å². The van der Waals surface area contributed by atoms with Crippen molar-refractivity contribution in [3.05, 3.63) is 101 Å². The zero-order valence-corrected chi connectivity index (χ0v) is 18.8. The van der Waals surface area contributed by atoms with E-state index in [0.29, 0.717) is 16.5 Å². The first-order chi connectivity index (χ1) is 15.5. The van der Waals surface area contributed by atoms with Crippen molar-refractivity contribution in [2.45, 2.75) is 16.5 Å². The summed E-state index contributed by atoms with van der Waals surface area (Å²) in [6, 6.07) is 20.6. The van der Waals surface area contributed by atoms with E-state index in [-0.39, 0.29) is 23.4 Å². The van der Waals surface area contributed by atoms with Crippen LogP contribution in [0.4, 0.5) is 10.1 Å². The number of rotatable bonds is 7. The molecule has 9 heteroatoms. The second-order valence-electron chi connectivity index (χ2n) is 6.60. The van der Waals surface area contributed by atoms with Crippen molar-refractivity contribution in [1.82, 2.24) is 9.78 Å². The lowest BCUT2D eigenvalue weighted by Crippen LogP contribution is -2.14. The van der Waals surface area contributed by atoms with Crippen LogP contribution in [0.3, 0.4) is 0 Å². The number of hydrogen-bond donors (Lipinski definition) is 1. The van der Waals surface area contributed by atoms with E-state index in [1.54, 1.807) is 12.3 Å². The molecule has 162 valence electrons. The van der Waals surface area contributed by atoms with Crippen molar-refractivity contribution in [2.24, 2.45) is 0 Å². The summed E-state index contributed by atoms with van der Waals surface area (Å²) in [4.78, 5) is 14.6. The Balaban J connectivity index is 1.41. The molecule has 0 atom stereocenters. The quantitative estimate of drug-likeness (QED) is 0.312. The topological polar surface area (TPSA) is 56.2 Å². The second kappa shape index (κ2) is 10.1. The maximum Gasteiger partial charge on any atom is 0.276 e. The summed E-state index contributed by atoms with van der Waals surface area (Å²) >= 11 is 13.2. The Labute approximate surface area is 198 Å². The van der Waals surface area contributed by atoms with Gasteiger partial charge in [-0.3, -0.25) is 4.79 Å². The number of halogens is 3. The van der Waals surface area contributed by atoms with Crippen LogP contribution in [0, 0.1) is 5.82 Å². The number of anilines is 1. The zero-order valence-electron chi connectivity index (χ0n) is 16.5. The molecule has 0 aliphatic rings. The van der Waals surface area contributed by atoms with E-state index < -0.39 is 5.82 Å². The fourth-order valence-corrected chi connectivity index (χ4v) is 3.94. The smallest absolute Gasteiger partial charge is 0.276 e. The molecule has 5 nitrogen and oxygen atoms in total.